The van der Waals surface area contributed by atoms with E-state index in [-0.39, 0.29) is 18.1 Å². The fraction of sp³-hybridized carbons (Fsp3) is 0.567. The number of ether oxygens (including phenoxy) is 1. The molecule has 0 spiro atoms. The maximum absolute atomic E-state index is 13.3. The SMILES string of the molecule is CCC(C)CC(C)/C=C(C)/C=C/C(=O)[C@H]1C2=COC([C@H]3C(=O)C[C@H](O)C[C@@H]3C)=CC2=CC(=O)[C@]1(C)O. The van der Waals surface area contributed by atoms with Gasteiger partial charge in [-0.15, -0.1) is 0 Å². The minimum Gasteiger partial charge on any atom is -0.468 e. The van der Waals surface area contributed by atoms with E-state index in [0.29, 0.717) is 35.2 Å². The molecule has 3 aliphatic rings. The van der Waals surface area contributed by atoms with Gasteiger partial charge in [0.15, 0.2) is 11.6 Å². The number of Topliss-reactive ketones (excluding diaryl/α,β-unsaturated/α-hetero) is 1. The molecule has 1 heterocycles. The van der Waals surface area contributed by atoms with Crippen LogP contribution in [0.5, 0.6) is 0 Å². The first kappa shape index (κ1) is 28.0. The molecule has 0 aromatic carbocycles. The number of allylic oxidation sites excluding steroid dienone is 7. The molecule has 2 aliphatic carbocycles. The van der Waals surface area contributed by atoms with E-state index in [9.17, 15) is 24.6 Å². The zero-order valence-corrected chi connectivity index (χ0v) is 22.3. The molecule has 1 saturated carbocycles. The largest absolute Gasteiger partial charge is 0.468 e. The van der Waals surface area contributed by atoms with E-state index < -0.39 is 35.1 Å². The number of aliphatic hydroxyl groups excluding tert-OH is 1. The van der Waals surface area contributed by atoms with E-state index in [1.807, 2.05) is 13.8 Å². The predicted octanol–water partition coefficient (Wildman–Crippen LogP) is 4.78. The Hall–Kier alpha value is -2.57. The number of ketones is 3. The summed E-state index contributed by atoms with van der Waals surface area (Å²) in [7, 11) is 0. The summed E-state index contributed by atoms with van der Waals surface area (Å²) in [5.74, 6) is -1.43. The van der Waals surface area contributed by atoms with Gasteiger partial charge in [0.2, 0.25) is 0 Å². The lowest BCUT2D eigenvalue weighted by Gasteiger charge is -2.38. The van der Waals surface area contributed by atoms with E-state index in [0.717, 1.165) is 18.4 Å². The zero-order chi connectivity index (χ0) is 26.8. The van der Waals surface area contributed by atoms with Crippen molar-refractivity contribution in [2.45, 2.75) is 78.9 Å². The maximum atomic E-state index is 13.3. The van der Waals surface area contributed by atoms with Crippen molar-refractivity contribution >= 4 is 17.3 Å². The van der Waals surface area contributed by atoms with Crippen LogP contribution in [0, 0.1) is 29.6 Å². The molecule has 0 bridgehead atoms. The Kier molecular flexibility index (Phi) is 8.73. The predicted molar refractivity (Wildman–Crippen MR) is 138 cm³/mol. The second-order valence-corrected chi connectivity index (χ2v) is 11.2. The molecule has 7 atom stereocenters. The topological polar surface area (TPSA) is 101 Å². The number of carbonyl (C=O) groups excluding carboxylic acids is 3. The second-order valence-electron chi connectivity index (χ2n) is 11.2. The van der Waals surface area contributed by atoms with Gasteiger partial charge >= 0.3 is 0 Å². The lowest BCUT2D eigenvalue weighted by atomic mass is 9.69. The first-order valence-electron chi connectivity index (χ1n) is 13.0. The smallest absolute Gasteiger partial charge is 0.188 e. The van der Waals surface area contributed by atoms with Gasteiger partial charge in [0, 0.05) is 12.0 Å². The van der Waals surface area contributed by atoms with Crippen LogP contribution in [0.25, 0.3) is 0 Å². The molecule has 3 rings (SSSR count). The van der Waals surface area contributed by atoms with Gasteiger partial charge in [-0.2, -0.15) is 0 Å². The van der Waals surface area contributed by atoms with Crippen LogP contribution in [-0.4, -0.2) is 39.3 Å². The molecule has 196 valence electrons. The molecule has 2 N–H and O–H groups in total. The Morgan fingerprint density at radius 2 is 1.94 bits per heavy atom. The maximum Gasteiger partial charge on any atom is 0.188 e. The summed E-state index contributed by atoms with van der Waals surface area (Å²) < 4.78 is 5.84. The van der Waals surface area contributed by atoms with Crippen molar-refractivity contribution in [2.24, 2.45) is 29.6 Å². The molecule has 6 nitrogen and oxygen atoms in total. The first-order valence-corrected chi connectivity index (χ1v) is 13.0. The minimum absolute atomic E-state index is 0.0632. The summed E-state index contributed by atoms with van der Waals surface area (Å²) in [6, 6.07) is 0. The van der Waals surface area contributed by atoms with Crippen molar-refractivity contribution in [3.63, 3.8) is 0 Å². The molecule has 36 heavy (non-hydrogen) atoms. The van der Waals surface area contributed by atoms with Crippen LogP contribution in [0.4, 0.5) is 0 Å². The van der Waals surface area contributed by atoms with Crippen LogP contribution in [0.1, 0.15) is 67.2 Å². The van der Waals surface area contributed by atoms with Crippen molar-refractivity contribution in [1.29, 1.82) is 0 Å². The highest BCUT2D eigenvalue weighted by molar-refractivity contribution is 6.08. The van der Waals surface area contributed by atoms with E-state index in [1.165, 1.54) is 25.3 Å². The summed E-state index contributed by atoms with van der Waals surface area (Å²) >= 11 is 0. The van der Waals surface area contributed by atoms with Crippen molar-refractivity contribution in [1.82, 2.24) is 0 Å². The third-order valence-electron chi connectivity index (χ3n) is 7.73. The molecule has 2 unspecified atom stereocenters. The fourth-order valence-electron chi connectivity index (χ4n) is 5.60. The second kappa shape index (κ2) is 11.2. The van der Waals surface area contributed by atoms with Crippen LogP contribution < -0.4 is 0 Å². The first-order chi connectivity index (χ1) is 16.8. The highest BCUT2D eigenvalue weighted by atomic mass is 16.5. The van der Waals surface area contributed by atoms with E-state index in [2.05, 4.69) is 26.8 Å². The number of hydrogen-bond acceptors (Lipinski definition) is 6. The quantitative estimate of drug-likeness (QED) is 0.370. The molecule has 0 aromatic heterocycles. The van der Waals surface area contributed by atoms with E-state index >= 15 is 0 Å². The van der Waals surface area contributed by atoms with E-state index in [4.69, 9.17) is 4.74 Å². The molecule has 0 aromatic rings. The average Bonchev–Trinajstić information content (AvgIpc) is 2.77. The van der Waals surface area contributed by atoms with Crippen LogP contribution >= 0.6 is 0 Å². The summed E-state index contributed by atoms with van der Waals surface area (Å²) in [5, 5.41) is 20.9. The average molecular weight is 497 g/mol. The Labute approximate surface area is 214 Å². The van der Waals surface area contributed by atoms with Crippen LogP contribution in [0.3, 0.4) is 0 Å². The van der Waals surface area contributed by atoms with Gasteiger partial charge in [-0.3, -0.25) is 14.4 Å². The van der Waals surface area contributed by atoms with Crippen molar-refractivity contribution in [3.05, 3.63) is 59.1 Å². The lowest BCUT2D eigenvalue weighted by Crippen LogP contribution is -2.49. The van der Waals surface area contributed by atoms with Crippen LogP contribution in [0.15, 0.2) is 59.1 Å². The number of rotatable bonds is 8. The number of hydrogen-bond donors (Lipinski definition) is 2. The van der Waals surface area contributed by atoms with Gasteiger partial charge in [0.05, 0.1) is 24.2 Å². The highest BCUT2D eigenvalue weighted by Crippen LogP contribution is 2.42. The minimum atomic E-state index is -1.91. The molecule has 0 saturated heterocycles. The van der Waals surface area contributed by atoms with Gasteiger partial charge in [-0.05, 0) is 68.2 Å². The number of aliphatic hydroxyl groups is 2. The summed E-state index contributed by atoms with van der Waals surface area (Å²) in [5.41, 5.74) is -0.0779. The Balaban J connectivity index is 1.83. The van der Waals surface area contributed by atoms with Crippen molar-refractivity contribution < 1.29 is 29.3 Å². The molecule has 0 radical (unpaired) electrons. The molecule has 0 amide bonds. The Bertz CT molecular complexity index is 1050. The highest BCUT2D eigenvalue weighted by Gasteiger charge is 2.49. The van der Waals surface area contributed by atoms with Gasteiger partial charge < -0.3 is 14.9 Å². The summed E-state index contributed by atoms with van der Waals surface area (Å²) in [6.07, 6.45) is 11.7. The molecule has 6 heteroatoms. The zero-order valence-electron chi connectivity index (χ0n) is 22.3. The van der Waals surface area contributed by atoms with E-state index in [1.54, 1.807) is 12.2 Å². The van der Waals surface area contributed by atoms with Gasteiger partial charge in [0.1, 0.15) is 17.1 Å². The Morgan fingerprint density at radius 1 is 1.25 bits per heavy atom. The van der Waals surface area contributed by atoms with Crippen molar-refractivity contribution in [2.75, 3.05) is 0 Å². The van der Waals surface area contributed by atoms with Crippen LogP contribution in [-0.2, 0) is 19.1 Å². The normalized spacial score (nSPS) is 32.8. The molecule has 1 fully saturated rings. The van der Waals surface area contributed by atoms with Crippen molar-refractivity contribution in [3.8, 4) is 0 Å². The molecule has 1 aliphatic heterocycles. The summed E-state index contributed by atoms with van der Waals surface area (Å²) in [6.45, 7) is 11.7. The molecular weight excluding hydrogens is 456 g/mol. The third kappa shape index (κ3) is 6.04. The molecular formula is C30H40O6. The monoisotopic (exact) mass is 496 g/mol. The van der Waals surface area contributed by atoms with Gasteiger partial charge in [-0.1, -0.05) is 51.8 Å². The van der Waals surface area contributed by atoms with Crippen LogP contribution in [0.2, 0.25) is 0 Å². The van der Waals surface area contributed by atoms with Gasteiger partial charge in [0.25, 0.3) is 0 Å². The number of fused-ring (bicyclic) bond motifs is 1. The third-order valence-corrected chi connectivity index (χ3v) is 7.73. The number of carbonyl (C=O) groups is 3. The lowest BCUT2D eigenvalue weighted by molar-refractivity contribution is -0.141. The standard InChI is InChI=1S/C30H40O6/c1-7-17(2)10-19(4)11-18(3)8-9-24(32)29-23-16-36-26(13-21(23)14-27(34)30(29,6)35)28-20(5)12-22(31)15-25(28)33/h8-9,11,13-14,16-17,19-20,22,28-29,31,35H,7,10,12,15H2,1-6H3/b9-8+,18-11+/t17?,19?,20-,22+,28+,29+,30-/m0/s1. The summed E-state index contributed by atoms with van der Waals surface area (Å²) in [4.78, 5) is 38.8. The Morgan fingerprint density at radius 3 is 2.58 bits per heavy atom. The fourth-order valence-corrected chi connectivity index (χ4v) is 5.60. The van der Waals surface area contributed by atoms with Gasteiger partial charge in [-0.25, -0.2) is 0 Å².